The second kappa shape index (κ2) is 12.8. The topological polar surface area (TPSA) is 93.2 Å². The Hall–Kier alpha value is -1.78. The lowest BCUT2D eigenvalue weighted by Crippen LogP contribution is -2.44. The number of nitrogens with zero attached hydrogens (tertiary/aromatic N) is 2. The van der Waals surface area contributed by atoms with Gasteiger partial charge in [-0.2, -0.15) is 11.8 Å². The van der Waals surface area contributed by atoms with Crippen LogP contribution in [0.5, 0.6) is 5.75 Å². The number of amides is 2. The molecule has 0 fully saturated rings. The third-order valence-corrected chi connectivity index (χ3v) is 6.23. The summed E-state index contributed by atoms with van der Waals surface area (Å²) in [7, 11) is 1.56. The van der Waals surface area contributed by atoms with E-state index in [0.717, 1.165) is 17.9 Å². The summed E-state index contributed by atoms with van der Waals surface area (Å²) in [4.78, 5) is 34.3. The van der Waals surface area contributed by atoms with E-state index in [4.69, 9.17) is 4.74 Å². The second-order valence-electron chi connectivity index (χ2n) is 6.23. The summed E-state index contributed by atoms with van der Waals surface area (Å²) in [6.45, 7) is 2.07. The quantitative estimate of drug-likeness (QED) is 0.343. The lowest BCUT2D eigenvalue weighted by Gasteiger charge is -2.18. The van der Waals surface area contributed by atoms with Crippen LogP contribution in [0, 0.1) is 0 Å². The minimum absolute atomic E-state index is 0.215. The summed E-state index contributed by atoms with van der Waals surface area (Å²) in [5.41, 5.74) is 0.816. The van der Waals surface area contributed by atoms with Crippen LogP contribution < -0.4 is 15.4 Å². The number of anilines is 1. The highest BCUT2D eigenvalue weighted by molar-refractivity contribution is 9.10. The van der Waals surface area contributed by atoms with E-state index in [0.29, 0.717) is 27.5 Å². The minimum Gasteiger partial charge on any atom is -0.497 e. The number of nitrogens with one attached hydrogen (secondary N) is 2. The first-order chi connectivity index (χ1) is 14.5. The van der Waals surface area contributed by atoms with Gasteiger partial charge in [0.15, 0.2) is 5.16 Å². The molecule has 1 aromatic carbocycles. The smallest absolute Gasteiger partial charge is 0.271 e. The van der Waals surface area contributed by atoms with Crippen molar-refractivity contribution in [1.29, 1.82) is 0 Å². The monoisotopic (exact) mass is 512 g/mol. The van der Waals surface area contributed by atoms with Gasteiger partial charge in [-0.25, -0.2) is 9.97 Å². The number of ether oxygens (including phenoxy) is 1. The number of rotatable bonds is 11. The van der Waals surface area contributed by atoms with Crippen LogP contribution in [0.3, 0.4) is 0 Å². The average molecular weight is 513 g/mol. The van der Waals surface area contributed by atoms with E-state index in [1.54, 1.807) is 49.3 Å². The molecule has 2 amide bonds. The summed E-state index contributed by atoms with van der Waals surface area (Å²) in [6, 6.07) is 6.38. The molecule has 7 nitrogen and oxygen atoms in total. The number of benzene rings is 1. The number of halogens is 1. The molecule has 1 heterocycles. The Labute approximate surface area is 193 Å². The number of hydrogen-bond donors (Lipinski definition) is 2. The number of thioether (sulfide) groups is 2. The van der Waals surface area contributed by atoms with Gasteiger partial charge in [-0.15, -0.1) is 0 Å². The van der Waals surface area contributed by atoms with Gasteiger partial charge in [0.2, 0.25) is 5.91 Å². The molecule has 0 saturated heterocycles. The van der Waals surface area contributed by atoms with Gasteiger partial charge >= 0.3 is 0 Å². The molecule has 30 heavy (non-hydrogen) atoms. The summed E-state index contributed by atoms with van der Waals surface area (Å²) >= 11 is 6.43. The van der Waals surface area contributed by atoms with Gasteiger partial charge in [0.25, 0.3) is 5.91 Å². The van der Waals surface area contributed by atoms with Gasteiger partial charge in [-0.1, -0.05) is 24.8 Å². The lowest BCUT2D eigenvalue weighted by molar-refractivity contribution is -0.118. The predicted octanol–water partition coefficient (Wildman–Crippen LogP) is 4.24. The Kier molecular flexibility index (Phi) is 10.5. The average Bonchev–Trinajstić information content (AvgIpc) is 2.75. The lowest BCUT2D eigenvalue weighted by atomic mass is 10.2. The molecular formula is C20H25BrN4O3S2. The van der Waals surface area contributed by atoms with Crippen molar-refractivity contribution in [3.63, 3.8) is 0 Å². The van der Waals surface area contributed by atoms with Crippen LogP contribution in [0.4, 0.5) is 5.69 Å². The van der Waals surface area contributed by atoms with Gasteiger partial charge < -0.3 is 15.4 Å². The highest BCUT2D eigenvalue weighted by Crippen LogP contribution is 2.20. The summed E-state index contributed by atoms with van der Waals surface area (Å²) in [6.07, 6.45) is 4.99. The van der Waals surface area contributed by atoms with Crippen LogP contribution in [0.25, 0.3) is 0 Å². The normalized spacial score (nSPS) is 11.6. The largest absolute Gasteiger partial charge is 0.497 e. The first-order valence-corrected chi connectivity index (χ1v) is 12.6. The standard InChI is InChI=1S/C20H25BrN4O3S2/c1-4-9-30-20-22-12-15(21)17(25-20)19(27)24-16(8-10-29-3)18(26)23-13-6-5-7-14(11-13)28-2/h5-7,11-12,16H,4,8-10H2,1-3H3,(H,23,26)(H,24,27)/t16-/m1/s1. The Balaban J connectivity index is 2.14. The van der Waals surface area contributed by atoms with Crippen molar-refractivity contribution in [2.24, 2.45) is 0 Å². The van der Waals surface area contributed by atoms with Gasteiger partial charge in [0.05, 0.1) is 11.6 Å². The molecule has 0 spiro atoms. The Morgan fingerprint density at radius 3 is 2.80 bits per heavy atom. The van der Waals surface area contributed by atoms with Gasteiger partial charge in [0, 0.05) is 23.7 Å². The first kappa shape index (κ1) is 24.5. The molecule has 0 unspecified atom stereocenters. The van der Waals surface area contributed by atoms with Crippen LogP contribution in [0.2, 0.25) is 0 Å². The van der Waals surface area contributed by atoms with Crippen LogP contribution >= 0.6 is 39.5 Å². The van der Waals surface area contributed by atoms with Crippen molar-refractivity contribution >= 4 is 57.0 Å². The van der Waals surface area contributed by atoms with E-state index >= 15 is 0 Å². The Bertz CT molecular complexity index is 870. The molecular weight excluding hydrogens is 488 g/mol. The van der Waals surface area contributed by atoms with E-state index in [9.17, 15) is 9.59 Å². The van der Waals surface area contributed by atoms with Gasteiger partial charge in [-0.05, 0) is 52.9 Å². The van der Waals surface area contributed by atoms with Gasteiger partial charge in [-0.3, -0.25) is 9.59 Å². The zero-order valence-corrected chi connectivity index (χ0v) is 20.3. The van der Waals surface area contributed by atoms with Crippen molar-refractivity contribution in [2.45, 2.75) is 31.0 Å². The maximum Gasteiger partial charge on any atom is 0.271 e. The molecule has 2 aromatic rings. The SMILES string of the molecule is CCCSc1ncc(Br)c(C(=O)N[C@H](CCSC)C(=O)Nc2cccc(OC)c2)n1. The van der Waals surface area contributed by atoms with E-state index < -0.39 is 11.9 Å². The molecule has 162 valence electrons. The first-order valence-electron chi connectivity index (χ1n) is 9.38. The number of aromatic nitrogens is 2. The number of carbonyl (C=O) groups is 2. The molecule has 1 atom stereocenters. The van der Waals surface area contributed by atoms with E-state index in [-0.39, 0.29) is 11.6 Å². The molecule has 2 rings (SSSR count). The molecule has 0 aliphatic heterocycles. The zero-order valence-electron chi connectivity index (χ0n) is 17.1. The third-order valence-electron chi connectivity index (χ3n) is 3.94. The third kappa shape index (κ3) is 7.48. The fourth-order valence-corrected chi connectivity index (χ4v) is 3.95. The number of methoxy groups -OCH3 is 1. The fourth-order valence-electron chi connectivity index (χ4n) is 2.43. The van der Waals surface area contributed by atoms with Gasteiger partial charge in [0.1, 0.15) is 17.5 Å². The minimum atomic E-state index is -0.704. The highest BCUT2D eigenvalue weighted by Gasteiger charge is 2.24. The van der Waals surface area contributed by atoms with Crippen LogP contribution in [-0.4, -0.2) is 52.7 Å². The van der Waals surface area contributed by atoms with Crippen molar-refractivity contribution < 1.29 is 14.3 Å². The summed E-state index contributed by atoms with van der Waals surface area (Å²) < 4.78 is 5.67. The summed E-state index contributed by atoms with van der Waals surface area (Å²) in [5, 5.41) is 6.19. The number of hydrogen-bond acceptors (Lipinski definition) is 7. The van der Waals surface area contributed by atoms with Crippen molar-refractivity contribution in [3.8, 4) is 5.75 Å². The van der Waals surface area contributed by atoms with Crippen LogP contribution in [0.15, 0.2) is 40.1 Å². The molecule has 0 bridgehead atoms. The van der Waals surface area contributed by atoms with E-state index in [2.05, 4.69) is 43.5 Å². The maximum atomic E-state index is 12.9. The highest BCUT2D eigenvalue weighted by atomic mass is 79.9. The molecule has 1 aromatic heterocycles. The maximum absolute atomic E-state index is 12.9. The summed E-state index contributed by atoms with van der Waals surface area (Å²) in [5.74, 6) is 1.51. The fraction of sp³-hybridized carbons (Fsp3) is 0.400. The zero-order chi connectivity index (χ0) is 21.9. The van der Waals surface area contributed by atoms with Crippen molar-refractivity contribution in [1.82, 2.24) is 15.3 Å². The van der Waals surface area contributed by atoms with E-state index in [1.807, 2.05) is 6.26 Å². The molecule has 0 saturated carbocycles. The van der Waals surface area contributed by atoms with Crippen LogP contribution in [0.1, 0.15) is 30.3 Å². The Morgan fingerprint density at radius 2 is 2.10 bits per heavy atom. The van der Waals surface area contributed by atoms with Crippen molar-refractivity contribution in [3.05, 3.63) is 40.6 Å². The number of carbonyl (C=O) groups excluding carboxylic acids is 2. The molecule has 10 heteroatoms. The predicted molar refractivity (Wildman–Crippen MR) is 127 cm³/mol. The molecule has 0 aliphatic carbocycles. The van der Waals surface area contributed by atoms with Crippen molar-refractivity contribution in [2.75, 3.05) is 30.2 Å². The molecule has 0 radical (unpaired) electrons. The molecule has 0 aliphatic rings. The van der Waals surface area contributed by atoms with E-state index in [1.165, 1.54) is 11.8 Å². The Morgan fingerprint density at radius 1 is 1.30 bits per heavy atom. The molecule has 2 N–H and O–H groups in total. The second-order valence-corrected chi connectivity index (χ2v) is 9.13. The van der Waals surface area contributed by atoms with Crippen LogP contribution in [-0.2, 0) is 4.79 Å².